The van der Waals surface area contributed by atoms with Crippen LogP contribution in [0.5, 0.6) is 0 Å². The van der Waals surface area contributed by atoms with E-state index in [-0.39, 0.29) is 11.4 Å². The molecule has 0 aromatic rings. The lowest BCUT2D eigenvalue weighted by Crippen LogP contribution is -2.42. The minimum atomic E-state index is -0.108. The highest BCUT2D eigenvalue weighted by Gasteiger charge is 2.47. The average molecular weight is 294 g/mol. The van der Waals surface area contributed by atoms with Gasteiger partial charge in [0, 0.05) is 0 Å². The van der Waals surface area contributed by atoms with Gasteiger partial charge in [-0.25, -0.2) is 0 Å². The van der Waals surface area contributed by atoms with E-state index in [0.29, 0.717) is 12.5 Å². The first-order valence-corrected chi connectivity index (χ1v) is 9.47. The molecular weight excluding hydrogens is 260 g/mol. The highest BCUT2D eigenvalue weighted by molar-refractivity contribution is 5.77. The predicted molar refractivity (Wildman–Crippen MR) is 87.2 cm³/mol. The molecule has 0 atom stereocenters. The number of hydrogen-bond donors (Lipinski definition) is 0. The minimum absolute atomic E-state index is 0.108. The summed E-state index contributed by atoms with van der Waals surface area (Å²) in [6.07, 6.45) is 17.2. The van der Waals surface area contributed by atoms with Crippen molar-refractivity contribution in [3.05, 3.63) is 0 Å². The van der Waals surface area contributed by atoms with Gasteiger partial charge in [0.1, 0.15) is 0 Å². The number of unbranched alkanes of at least 4 members (excludes halogenated alkanes) is 3. The fraction of sp³-hybridized carbons (Fsp3) is 0.947. The minimum Gasteiger partial charge on any atom is -0.465 e. The maximum atomic E-state index is 12.8. The summed E-state index contributed by atoms with van der Waals surface area (Å²) in [5, 5.41) is 0. The molecular formula is C19H34O2. The summed E-state index contributed by atoms with van der Waals surface area (Å²) in [7, 11) is 0. The molecule has 2 nitrogen and oxygen atoms in total. The second-order valence-corrected chi connectivity index (χ2v) is 7.25. The van der Waals surface area contributed by atoms with E-state index in [4.69, 9.17) is 4.74 Å². The molecule has 2 aliphatic rings. The standard InChI is InChI=1S/C19H34O2/c1-2-3-4-11-16-21-18(20)19(14-9-6-10-15-19)17-12-7-5-8-13-17/h17H,2-16H2,1H3. The summed E-state index contributed by atoms with van der Waals surface area (Å²) in [6, 6.07) is 0. The zero-order valence-corrected chi connectivity index (χ0v) is 14.0. The van der Waals surface area contributed by atoms with Crippen molar-refractivity contribution in [2.24, 2.45) is 11.3 Å². The highest BCUT2D eigenvalue weighted by Crippen LogP contribution is 2.49. The lowest BCUT2D eigenvalue weighted by atomic mass is 9.62. The van der Waals surface area contributed by atoms with Gasteiger partial charge in [-0.2, -0.15) is 0 Å². The molecule has 0 aliphatic heterocycles. The number of ether oxygens (including phenoxy) is 1. The molecule has 2 rings (SSSR count). The maximum absolute atomic E-state index is 12.8. The average Bonchev–Trinajstić information content (AvgIpc) is 2.56. The van der Waals surface area contributed by atoms with Gasteiger partial charge in [-0.1, -0.05) is 64.7 Å². The van der Waals surface area contributed by atoms with Gasteiger partial charge < -0.3 is 4.74 Å². The number of carbonyl (C=O) groups excluding carboxylic acids is 1. The lowest BCUT2D eigenvalue weighted by Gasteiger charge is -2.43. The fourth-order valence-corrected chi connectivity index (χ4v) is 4.45. The number of esters is 1. The number of hydrogen-bond acceptors (Lipinski definition) is 2. The summed E-state index contributed by atoms with van der Waals surface area (Å²) in [6.45, 7) is 2.86. The van der Waals surface area contributed by atoms with Crippen molar-refractivity contribution in [2.45, 2.75) is 96.8 Å². The van der Waals surface area contributed by atoms with E-state index < -0.39 is 0 Å². The Labute approximate surface area is 131 Å². The Hall–Kier alpha value is -0.530. The van der Waals surface area contributed by atoms with Gasteiger partial charge in [-0.05, 0) is 38.0 Å². The Bertz CT molecular complexity index is 299. The van der Waals surface area contributed by atoms with Crippen molar-refractivity contribution in [1.82, 2.24) is 0 Å². The molecule has 0 amide bonds. The van der Waals surface area contributed by atoms with Crippen molar-refractivity contribution in [2.75, 3.05) is 6.61 Å². The van der Waals surface area contributed by atoms with Gasteiger partial charge in [0.15, 0.2) is 0 Å². The van der Waals surface area contributed by atoms with Crippen LogP contribution in [0, 0.1) is 11.3 Å². The van der Waals surface area contributed by atoms with E-state index in [1.807, 2.05) is 0 Å². The zero-order valence-electron chi connectivity index (χ0n) is 14.0. The van der Waals surface area contributed by atoms with Gasteiger partial charge >= 0.3 is 5.97 Å². The number of rotatable bonds is 7. The van der Waals surface area contributed by atoms with Crippen LogP contribution in [-0.2, 0) is 9.53 Å². The third-order valence-corrected chi connectivity index (χ3v) is 5.77. The largest absolute Gasteiger partial charge is 0.465 e. The van der Waals surface area contributed by atoms with Gasteiger partial charge in [0.05, 0.1) is 12.0 Å². The molecule has 0 spiro atoms. The Balaban J connectivity index is 1.89. The molecule has 0 aromatic carbocycles. The van der Waals surface area contributed by atoms with Crippen LogP contribution in [0.1, 0.15) is 96.8 Å². The van der Waals surface area contributed by atoms with E-state index in [2.05, 4.69) is 6.92 Å². The molecule has 2 heteroatoms. The molecule has 122 valence electrons. The quantitative estimate of drug-likeness (QED) is 0.448. The second kappa shape index (κ2) is 8.80. The van der Waals surface area contributed by atoms with Crippen molar-refractivity contribution >= 4 is 5.97 Å². The smallest absolute Gasteiger partial charge is 0.312 e. The molecule has 0 aromatic heterocycles. The molecule has 0 saturated heterocycles. The molecule has 0 heterocycles. The van der Waals surface area contributed by atoms with Gasteiger partial charge in [-0.3, -0.25) is 4.79 Å². The van der Waals surface area contributed by atoms with Crippen LogP contribution < -0.4 is 0 Å². The Morgan fingerprint density at radius 1 is 0.952 bits per heavy atom. The van der Waals surface area contributed by atoms with Gasteiger partial charge in [-0.15, -0.1) is 0 Å². The van der Waals surface area contributed by atoms with Crippen molar-refractivity contribution in [3.63, 3.8) is 0 Å². The fourth-order valence-electron chi connectivity index (χ4n) is 4.45. The topological polar surface area (TPSA) is 26.3 Å². The molecule has 0 unspecified atom stereocenters. The van der Waals surface area contributed by atoms with Crippen LogP contribution in [0.3, 0.4) is 0 Å². The SMILES string of the molecule is CCCCCCOC(=O)C1(C2CCCCC2)CCCCC1. The van der Waals surface area contributed by atoms with Crippen LogP contribution in [-0.4, -0.2) is 12.6 Å². The predicted octanol–water partition coefficient (Wildman–Crippen LogP) is 5.64. The maximum Gasteiger partial charge on any atom is 0.312 e. The van der Waals surface area contributed by atoms with E-state index in [1.54, 1.807) is 0 Å². The molecule has 2 saturated carbocycles. The molecule has 0 N–H and O–H groups in total. The van der Waals surface area contributed by atoms with Gasteiger partial charge in [0.2, 0.25) is 0 Å². The van der Waals surface area contributed by atoms with Crippen LogP contribution in [0.2, 0.25) is 0 Å². The Morgan fingerprint density at radius 2 is 1.62 bits per heavy atom. The molecule has 0 bridgehead atoms. The van der Waals surface area contributed by atoms with Crippen LogP contribution in [0.25, 0.3) is 0 Å². The van der Waals surface area contributed by atoms with E-state index >= 15 is 0 Å². The van der Waals surface area contributed by atoms with E-state index in [0.717, 1.165) is 19.3 Å². The van der Waals surface area contributed by atoms with E-state index in [9.17, 15) is 4.79 Å². The summed E-state index contributed by atoms with van der Waals surface area (Å²) >= 11 is 0. The monoisotopic (exact) mass is 294 g/mol. The molecule has 2 aliphatic carbocycles. The van der Waals surface area contributed by atoms with Crippen LogP contribution in [0.4, 0.5) is 0 Å². The highest BCUT2D eigenvalue weighted by atomic mass is 16.5. The lowest BCUT2D eigenvalue weighted by molar-refractivity contribution is -0.164. The first-order valence-electron chi connectivity index (χ1n) is 9.47. The van der Waals surface area contributed by atoms with Crippen molar-refractivity contribution in [1.29, 1.82) is 0 Å². The summed E-state index contributed by atoms with van der Waals surface area (Å²) < 4.78 is 5.75. The van der Waals surface area contributed by atoms with E-state index in [1.165, 1.54) is 70.6 Å². The first-order chi connectivity index (χ1) is 10.3. The molecule has 21 heavy (non-hydrogen) atoms. The normalized spacial score (nSPS) is 22.9. The Morgan fingerprint density at radius 3 is 2.29 bits per heavy atom. The zero-order chi connectivity index (χ0) is 15.0. The van der Waals surface area contributed by atoms with Crippen molar-refractivity contribution < 1.29 is 9.53 Å². The van der Waals surface area contributed by atoms with Crippen LogP contribution in [0.15, 0.2) is 0 Å². The Kier molecular flexibility index (Phi) is 7.06. The number of carbonyl (C=O) groups is 1. The second-order valence-electron chi connectivity index (χ2n) is 7.25. The molecule has 0 radical (unpaired) electrons. The summed E-state index contributed by atoms with van der Waals surface area (Å²) in [4.78, 5) is 12.8. The van der Waals surface area contributed by atoms with Crippen molar-refractivity contribution in [3.8, 4) is 0 Å². The molecule has 2 fully saturated rings. The van der Waals surface area contributed by atoms with Crippen LogP contribution >= 0.6 is 0 Å². The third kappa shape index (κ3) is 4.47. The third-order valence-electron chi connectivity index (χ3n) is 5.77. The summed E-state index contributed by atoms with van der Waals surface area (Å²) in [5.41, 5.74) is -0.108. The first kappa shape index (κ1) is 16.8. The van der Waals surface area contributed by atoms with Gasteiger partial charge in [0.25, 0.3) is 0 Å². The summed E-state index contributed by atoms with van der Waals surface area (Å²) in [5.74, 6) is 0.764.